The van der Waals surface area contributed by atoms with Crippen molar-refractivity contribution in [3.05, 3.63) is 60.2 Å². The summed E-state index contributed by atoms with van der Waals surface area (Å²) in [5.41, 5.74) is 1.03. The Labute approximate surface area is 137 Å². The molecular weight excluding hydrogens is 284 g/mol. The molecule has 23 heavy (non-hydrogen) atoms. The van der Waals surface area contributed by atoms with Crippen LogP contribution in [0, 0.1) is 5.92 Å². The Bertz CT molecular complexity index is 851. The van der Waals surface area contributed by atoms with E-state index in [1.165, 1.54) is 21.5 Å². The largest absolute Gasteiger partial charge is 0.458 e. The minimum atomic E-state index is -0.229. The Morgan fingerprint density at radius 3 is 2.17 bits per heavy atom. The molecule has 2 heteroatoms. The number of carbonyl (C=O) groups is 1. The van der Waals surface area contributed by atoms with Crippen LogP contribution in [-0.4, -0.2) is 5.97 Å². The summed E-state index contributed by atoms with van der Waals surface area (Å²) in [7, 11) is 0. The summed E-state index contributed by atoms with van der Waals surface area (Å²) in [6.07, 6.45) is 0.572. The minimum Gasteiger partial charge on any atom is -0.458 e. The van der Waals surface area contributed by atoms with Crippen LogP contribution in [0.1, 0.15) is 38.9 Å². The van der Waals surface area contributed by atoms with Gasteiger partial charge < -0.3 is 4.74 Å². The van der Waals surface area contributed by atoms with Crippen LogP contribution in [0.5, 0.6) is 0 Å². The first kappa shape index (κ1) is 15.5. The first-order valence-electron chi connectivity index (χ1n) is 8.21. The van der Waals surface area contributed by atoms with E-state index in [4.69, 9.17) is 4.74 Å². The normalized spacial score (nSPS) is 13.9. The highest BCUT2D eigenvalue weighted by Crippen LogP contribution is 2.27. The topological polar surface area (TPSA) is 26.3 Å². The predicted octanol–water partition coefficient (Wildman–Crippen LogP) is 5.64. The van der Waals surface area contributed by atoms with Gasteiger partial charge in [0.25, 0.3) is 0 Å². The molecule has 118 valence electrons. The molecule has 0 aromatic heterocycles. The maximum Gasteiger partial charge on any atom is 0.309 e. The summed E-state index contributed by atoms with van der Waals surface area (Å²) in [5.74, 6) is -0.180. The van der Waals surface area contributed by atoms with E-state index in [9.17, 15) is 4.79 Å². The monoisotopic (exact) mass is 306 g/mol. The molecule has 3 rings (SSSR count). The third kappa shape index (κ3) is 3.21. The molecule has 0 saturated carbocycles. The van der Waals surface area contributed by atoms with E-state index in [0.29, 0.717) is 0 Å². The molecule has 0 aliphatic heterocycles. The average molecular weight is 306 g/mol. The van der Waals surface area contributed by atoms with Gasteiger partial charge in [-0.3, -0.25) is 4.79 Å². The molecule has 2 nitrogen and oxygen atoms in total. The molecule has 0 fully saturated rings. The van der Waals surface area contributed by atoms with Gasteiger partial charge in [-0.2, -0.15) is 0 Å². The van der Waals surface area contributed by atoms with Gasteiger partial charge in [0.1, 0.15) is 6.10 Å². The fourth-order valence-corrected chi connectivity index (χ4v) is 2.74. The molecule has 0 amide bonds. The Balaban J connectivity index is 1.92. The fraction of sp³-hybridized carbons (Fsp3) is 0.286. The van der Waals surface area contributed by atoms with E-state index in [0.717, 1.165) is 12.0 Å². The number of fused-ring (bicyclic) bond motifs is 2. The van der Waals surface area contributed by atoms with Gasteiger partial charge >= 0.3 is 5.97 Å². The zero-order valence-corrected chi connectivity index (χ0v) is 13.9. The van der Waals surface area contributed by atoms with Crippen molar-refractivity contribution >= 4 is 27.5 Å². The number of benzene rings is 3. The lowest BCUT2D eigenvalue weighted by atomic mass is 10.00. The summed E-state index contributed by atoms with van der Waals surface area (Å²) >= 11 is 0. The van der Waals surface area contributed by atoms with Gasteiger partial charge in [0.15, 0.2) is 0 Å². The van der Waals surface area contributed by atoms with Crippen molar-refractivity contribution in [2.24, 2.45) is 5.92 Å². The number of hydrogen-bond donors (Lipinski definition) is 0. The molecule has 0 aliphatic rings. The van der Waals surface area contributed by atoms with Gasteiger partial charge in [0, 0.05) is 0 Å². The van der Waals surface area contributed by atoms with Gasteiger partial charge in [-0.15, -0.1) is 0 Å². The second kappa shape index (κ2) is 6.41. The van der Waals surface area contributed by atoms with Gasteiger partial charge in [-0.25, -0.2) is 0 Å². The number of ether oxygens (including phenoxy) is 1. The van der Waals surface area contributed by atoms with Gasteiger partial charge in [0.05, 0.1) is 5.92 Å². The van der Waals surface area contributed by atoms with Crippen LogP contribution in [0.4, 0.5) is 0 Å². The molecule has 0 bridgehead atoms. The van der Waals surface area contributed by atoms with E-state index in [-0.39, 0.29) is 18.0 Å². The maximum absolute atomic E-state index is 12.0. The van der Waals surface area contributed by atoms with Crippen LogP contribution in [-0.2, 0) is 9.53 Å². The first-order chi connectivity index (χ1) is 11.1. The van der Waals surface area contributed by atoms with Crippen LogP contribution >= 0.6 is 0 Å². The van der Waals surface area contributed by atoms with E-state index in [1.54, 1.807) is 0 Å². The Hall–Kier alpha value is -2.35. The van der Waals surface area contributed by atoms with Gasteiger partial charge in [-0.05, 0) is 58.7 Å². The SMILES string of the molecule is CCC(C)C(=O)OC(C)c1ccc2cc3ccccc3cc2c1. The third-order valence-electron chi connectivity index (χ3n) is 4.51. The smallest absolute Gasteiger partial charge is 0.309 e. The fourth-order valence-electron chi connectivity index (χ4n) is 2.74. The molecule has 0 N–H and O–H groups in total. The van der Waals surface area contributed by atoms with Gasteiger partial charge in [0.2, 0.25) is 0 Å². The highest BCUT2D eigenvalue weighted by Gasteiger charge is 2.17. The summed E-state index contributed by atoms with van der Waals surface area (Å²) < 4.78 is 5.59. The molecule has 0 saturated heterocycles. The maximum atomic E-state index is 12.0. The number of esters is 1. The Morgan fingerprint density at radius 1 is 0.913 bits per heavy atom. The van der Waals surface area contributed by atoms with Crippen molar-refractivity contribution in [1.82, 2.24) is 0 Å². The second-order valence-corrected chi connectivity index (χ2v) is 6.19. The highest BCUT2D eigenvalue weighted by atomic mass is 16.5. The van der Waals surface area contributed by atoms with Crippen molar-refractivity contribution in [1.29, 1.82) is 0 Å². The molecule has 2 atom stereocenters. The van der Waals surface area contributed by atoms with Crippen molar-refractivity contribution in [2.75, 3.05) is 0 Å². The summed E-state index contributed by atoms with van der Waals surface area (Å²) in [6, 6.07) is 19.0. The number of hydrogen-bond acceptors (Lipinski definition) is 2. The lowest BCUT2D eigenvalue weighted by Gasteiger charge is -2.17. The molecule has 3 aromatic rings. The van der Waals surface area contributed by atoms with Crippen LogP contribution in [0.3, 0.4) is 0 Å². The molecular formula is C21H22O2. The van der Waals surface area contributed by atoms with Crippen molar-refractivity contribution in [3.63, 3.8) is 0 Å². The van der Waals surface area contributed by atoms with Crippen LogP contribution in [0.15, 0.2) is 54.6 Å². The second-order valence-electron chi connectivity index (χ2n) is 6.19. The van der Waals surface area contributed by atoms with Crippen molar-refractivity contribution in [2.45, 2.75) is 33.3 Å². The minimum absolute atomic E-state index is 0.0538. The zero-order valence-electron chi connectivity index (χ0n) is 13.9. The number of carbonyl (C=O) groups excluding carboxylic acids is 1. The van der Waals surface area contributed by atoms with E-state index >= 15 is 0 Å². The lowest BCUT2D eigenvalue weighted by Crippen LogP contribution is -2.16. The molecule has 0 aliphatic carbocycles. The molecule has 3 aromatic carbocycles. The zero-order chi connectivity index (χ0) is 16.4. The predicted molar refractivity (Wildman–Crippen MR) is 95.4 cm³/mol. The Kier molecular flexibility index (Phi) is 4.33. The van der Waals surface area contributed by atoms with Crippen molar-refractivity contribution in [3.8, 4) is 0 Å². The van der Waals surface area contributed by atoms with Crippen molar-refractivity contribution < 1.29 is 9.53 Å². The average Bonchev–Trinajstić information content (AvgIpc) is 2.58. The van der Waals surface area contributed by atoms with Crippen LogP contribution in [0.2, 0.25) is 0 Å². The summed E-state index contributed by atoms with van der Waals surface area (Å²) in [5, 5.41) is 4.84. The van der Waals surface area contributed by atoms with E-state index < -0.39 is 0 Å². The lowest BCUT2D eigenvalue weighted by molar-refractivity contribution is -0.153. The Morgan fingerprint density at radius 2 is 1.52 bits per heavy atom. The third-order valence-corrected chi connectivity index (χ3v) is 4.51. The molecule has 0 spiro atoms. The molecule has 0 heterocycles. The van der Waals surface area contributed by atoms with Crippen LogP contribution in [0.25, 0.3) is 21.5 Å². The van der Waals surface area contributed by atoms with E-state index in [1.807, 2.05) is 26.8 Å². The quantitative estimate of drug-likeness (QED) is 0.460. The summed E-state index contributed by atoms with van der Waals surface area (Å²) in [6.45, 7) is 5.84. The highest BCUT2D eigenvalue weighted by molar-refractivity contribution is 5.98. The number of rotatable bonds is 4. The summed E-state index contributed by atoms with van der Waals surface area (Å²) in [4.78, 5) is 12.0. The van der Waals surface area contributed by atoms with Gasteiger partial charge in [-0.1, -0.05) is 50.2 Å². The first-order valence-corrected chi connectivity index (χ1v) is 8.21. The van der Waals surface area contributed by atoms with Crippen LogP contribution < -0.4 is 0 Å². The van der Waals surface area contributed by atoms with E-state index in [2.05, 4.69) is 48.5 Å². The molecule has 2 unspecified atom stereocenters. The standard InChI is InChI=1S/C21H22O2/c1-4-14(2)21(22)23-15(3)16-9-10-19-12-17-7-5-6-8-18(17)13-20(19)11-16/h5-15H,4H2,1-3H3. The molecule has 0 radical (unpaired) electrons.